The van der Waals surface area contributed by atoms with Gasteiger partial charge in [0.05, 0.1) is 18.9 Å². The maximum Gasteiger partial charge on any atom is 0.326 e. The predicted molar refractivity (Wildman–Crippen MR) is 123 cm³/mol. The number of aromatic amines is 1. The lowest BCUT2D eigenvalue weighted by atomic mass is 10.1. The lowest BCUT2D eigenvalue weighted by molar-refractivity contribution is -0.141. The fraction of sp³-hybridized carbons (Fsp3) is 0.364. The molecule has 0 aliphatic carbocycles. The summed E-state index contributed by atoms with van der Waals surface area (Å²) in [6.45, 7) is -0.513. The van der Waals surface area contributed by atoms with E-state index < -0.39 is 54.3 Å². The van der Waals surface area contributed by atoms with E-state index in [4.69, 9.17) is 11.5 Å². The van der Waals surface area contributed by atoms with Crippen molar-refractivity contribution in [3.8, 4) is 0 Å². The number of hydrogen-bond acceptors (Lipinski definition) is 7. The fourth-order valence-corrected chi connectivity index (χ4v) is 3.12. The van der Waals surface area contributed by atoms with Gasteiger partial charge < -0.3 is 37.5 Å². The standard InChI is InChI=1S/C22H29N7O6/c23-15(6-7-18(24)30)20(32)29-16(9-14-10-25-12-27-14)21(33)26-11-19(31)28-17(22(34)35)8-13-4-2-1-3-5-13/h1-5,10,12,15-17H,6-9,11,23H2,(H2,24,30)(H,25,27)(H,26,33)(H,28,31)(H,29,32)(H,34,35). The number of carbonyl (C=O) groups is 5. The molecule has 1 aromatic carbocycles. The van der Waals surface area contributed by atoms with Gasteiger partial charge in [0.2, 0.25) is 23.6 Å². The third kappa shape index (κ3) is 9.63. The number of aliphatic carboxylic acids is 1. The van der Waals surface area contributed by atoms with Crippen molar-refractivity contribution < 1.29 is 29.1 Å². The normalized spacial score (nSPS) is 13.2. The molecule has 13 nitrogen and oxygen atoms in total. The van der Waals surface area contributed by atoms with Crippen LogP contribution in [0.3, 0.4) is 0 Å². The maximum atomic E-state index is 12.7. The summed E-state index contributed by atoms with van der Waals surface area (Å²) in [6, 6.07) is 5.39. The molecule has 9 N–H and O–H groups in total. The van der Waals surface area contributed by atoms with Crippen molar-refractivity contribution in [3.05, 3.63) is 54.1 Å². The highest BCUT2D eigenvalue weighted by Crippen LogP contribution is 2.04. The number of carbonyl (C=O) groups excluding carboxylic acids is 4. The van der Waals surface area contributed by atoms with Crippen molar-refractivity contribution in [3.63, 3.8) is 0 Å². The van der Waals surface area contributed by atoms with Gasteiger partial charge in [-0.25, -0.2) is 9.78 Å². The zero-order valence-electron chi connectivity index (χ0n) is 18.9. The molecular formula is C22H29N7O6. The van der Waals surface area contributed by atoms with Gasteiger partial charge in [-0.15, -0.1) is 0 Å². The molecule has 35 heavy (non-hydrogen) atoms. The van der Waals surface area contributed by atoms with E-state index in [9.17, 15) is 29.1 Å². The first-order valence-electron chi connectivity index (χ1n) is 10.8. The van der Waals surface area contributed by atoms with Crippen LogP contribution >= 0.6 is 0 Å². The topological polar surface area (TPSA) is 222 Å². The molecule has 0 radical (unpaired) electrons. The Morgan fingerprint density at radius 3 is 2.31 bits per heavy atom. The SMILES string of the molecule is NC(=O)CCC(N)C(=O)NC(Cc1cnc[nH]1)C(=O)NCC(=O)NC(Cc1ccccc1)C(=O)O. The summed E-state index contributed by atoms with van der Waals surface area (Å²) in [7, 11) is 0. The summed E-state index contributed by atoms with van der Waals surface area (Å²) in [6.07, 6.45) is 2.86. The summed E-state index contributed by atoms with van der Waals surface area (Å²) >= 11 is 0. The molecule has 0 aliphatic rings. The van der Waals surface area contributed by atoms with Crippen LogP contribution in [0.1, 0.15) is 24.1 Å². The number of carboxylic acids is 1. The molecule has 0 saturated heterocycles. The Kier molecular flexibility index (Phi) is 10.4. The highest BCUT2D eigenvalue weighted by Gasteiger charge is 2.26. The number of H-pyrrole nitrogens is 1. The summed E-state index contributed by atoms with van der Waals surface area (Å²) in [5.74, 6) is -3.92. The van der Waals surface area contributed by atoms with Crippen molar-refractivity contribution in [2.24, 2.45) is 11.5 Å². The molecule has 3 atom stereocenters. The van der Waals surface area contributed by atoms with Crippen LogP contribution in [0.4, 0.5) is 0 Å². The minimum absolute atomic E-state index is 0.0000394. The molecule has 13 heteroatoms. The lowest BCUT2D eigenvalue weighted by Gasteiger charge is -2.20. The summed E-state index contributed by atoms with van der Waals surface area (Å²) in [5, 5.41) is 16.7. The molecule has 0 fully saturated rings. The van der Waals surface area contributed by atoms with E-state index in [1.807, 2.05) is 0 Å². The predicted octanol–water partition coefficient (Wildman–Crippen LogP) is -2.04. The quantitative estimate of drug-likeness (QED) is 0.157. The van der Waals surface area contributed by atoms with E-state index >= 15 is 0 Å². The third-order valence-electron chi connectivity index (χ3n) is 4.99. The van der Waals surface area contributed by atoms with Crippen LogP contribution in [0.5, 0.6) is 0 Å². The van der Waals surface area contributed by atoms with Crippen LogP contribution in [0, 0.1) is 0 Å². The summed E-state index contributed by atoms with van der Waals surface area (Å²) in [5.41, 5.74) is 12.1. The molecule has 0 bridgehead atoms. The largest absolute Gasteiger partial charge is 0.480 e. The van der Waals surface area contributed by atoms with E-state index in [1.165, 1.54) is 12.5 Å². The van der Waals surface area contributed by atoms with Crippen molar-refractivity contribution in [2.75, 3.05) is 6.54 Å². The van der Waals surface area contributed by atoms with E-state index in [1.54, 1.807) is 30.3 Å². The summed E-state index contributed by atoms with van der Waals surface area (Å²) < 4.78 is 0. The number of benzene rings is 1. The van der Waals surface area contributed by atoms with Gasteiger partial charge in [-0.2, -0.15) is 0 Å². The molecule has 4 amide bonds. The molecule has 2 aromatic rings. The second-order valence-electron chi connectivity index (χ2n) is 7.82. The molecule has 0 saturated carbocycles. The minimum atomic E-state index is -1.22. The lowest BCUT2D eigenvalue weighted by Crippen LogP contribution is -2.54. The molecule has 1 aromatic heterocycles. The Bertz CT molecular complexity index is 1010. The molecule has 2 rings (SSSR count). The van der Waals surface area contributed by atoms with E-state index in [0.29, 0.717) is 5.69 Å². The maximum absolute atomic E-state index is 12.7. The average Bonchev–Trinajstić information content (AvgIpc) is 3.33. The number of hydrogen-bond donors (Lipinski definition) is 7. The highest BCUT2D eigenvalue weighted by molar-refractivity contribution is 5.93. The zero-order chi connectivity index (χ0) is 25.8. The van der Waals surface area contributed by atoms with Gasteiger partial charge in [0.25, 0.3) is 0 Å². The Balaban J connectivity index is 1.96. The number of rotatable bonds is 14. The first-order chi connectivity index (χ1) is 16.7. The van der Waals surface area contributed by atoms with Gasteiger partial charge in [0.1, 0.15) is 12.1 Å². The molecule has 1 heterocycles. The van der Waals surface area contributed by atoms with Crippen LogP contribution in [0.2, 0.25) is 0 Å². The van der Waals surface area contributed by atoms with E-state index in [-0.39, 0.29) is 25.7 Å². The second kappa shape index (κ2) is 13.4. The number of aromatic nitrogens is 2. The smallest absolute Gasteiger partial charge is 0.326 e. The molecule has 3 unspecified atom stereocenters. The number of nitrogens with zero attached hydrogens (tertiary/aromatic N) is 1. The van der Waals surface area contributed by atoms with Crippen molar-refractivity contribution in [1.82, 2.24) is 25.9 Å². The average molecular weight is 488 g/mol. The van der Waals surface area contributed by atoms with Crippen LogP contribution in [0.15, 0.2) is 42.9 Å². The van der Waals surface area contributed by atoms with E-state index in [0.717, 1.165) is 5.56 Å². The Morgan fingerprint density at radius 1 is 1.00 bits per heavy atom. The van der Waals surface area contributed by atoms with Crippen LogP contribution in [-0.2, 0) is 36.8 Å². The van der Waals surface area contributed by atoms with Gasteiger partial charge in [-0.3, -0.25) is 19.2 Å². The van der Waals surface area contributed by atoms with Crippen molar-refractivity contribution in [1.29, 1.82) is 0 Å². The molecular weight excluding hydrogens is 458 g/mol. The number of imidazole rings is 1. The first kappa shape index (κ1) is 27.0. The molecule has 0 aliphatic heterocycles. The highest BCUT2D eigenvalue weighted by atomic mass is 16.4. The van der Waals surface area contributed by atoms with Crippen LogP contribution < -0.4 is 27.4 Å². The van der Waals surface area contributed by atoms with Gasteiger partial charge >= 0.3 is 5.97 Å². The van der Waals surface area contributed by atoms with Crippen molar-refractivity contribution in [2.45, 2.75) is 43.8 Å². The Hall–Kier alpha value is -4.26. The molecule has 0 spiro atoms. The second-order valence-corrected chi connectivity index (χ2v) is 7.82. The van der Waals surface area contributed by atoms with Gasteiger partial charge in [-0.05, 0) is 12.0 Å². The Labute approximate surface area is 201 Å². The van der Waals surface area contributed by atoms with Gasteiger partial charge in [-0.1, -0.05) is 30.3 Å². The van der Waals surface area contributed by atoms with E-state index in [2.05, 4.69) is 25.9 Å². The third-order valence-corrected chi connectivity index (χ3v) is 4.99. The first-order valence-corrected chi connectivity index (χ1v) is 10.8. The number of nitrogens with one attached hydrogen (secondary N) is 4. The van der Waals surface area contributed by atoms with Gasteiger partial charge in [0.15, 0.2) is 0 Å². The van der Waals surface area contributed by atoms with Crippen LogP contribution in [0.25, 0.3) is 0 Å². The number of primary amides is 1. The fourth-order valence-electron chi connectivity index (χ4n) is 3.12. The number of amides is 4. The van der Waals surface area contributed by atoms with Gasteiger partial charge in [0, 0.05) is 31.2 Å². The zero-order valence-corrected chi connectivity index (χ0v) is 18.9. The number of carboxylic acid groups (broad SMARTS) is 1. The minimum Gasteiger partial charge on any atom is -0.480 e. The van der Waals surface area contributed by atoms with Crippen LogP contribution in [-0.4, -0.2) is 69.3 Å². The Morgan fingerprint density at radius 2 is 1.71 bits per heavy atom. The van der Waals surface area contributed by atoms with Crippen molar-refractivity contribution >= 4 is 29.6 Å². The number of nitrogens with two attached hydrogens (primary N) is 2. The monoisotopic (exact) mass is 487 g/mol. The summed E-state index contributed by atoms with van der Waals surface area (Å²) in [4.78, 5) is 66.6. The molecule has 188 valence electrons.